The number of benzene rings is 1. The van der Waals surface area contributed by atoms with Crippen molar-refractivity contribution in [1.82, 2.24) is 20.1 Å². The molecule has 3 aromatic heterocycles. The number of anilines is 1. The van der Waals surface area contributed by atoms with E-state index in [1.165, 1.54) is 5.56 Å². The Labute approximate surface area is 263 Å². The molecule has 0 saturated heterocycles. The fourth-order valence-corrected chi connectivity index (χ4v) is 6.58. The molecule has 1 aromatic carbocycles. The van der Waals surface area contributed by atoms with Crippen LogP contribution in [-0.4, -0.2) is 40.6 Å². The minimum Gasteiger partial charge on any atom is -0.487 e. The molecule has 233 valence electrons. The summed E-state index contributed by atoms with van der Waals surface area (Å²) in [4.78, 5) is 16.9. The van der Waals surface area contributed by atoms with Crippen LogP contribution in [0, 0.1) is 26.2 Å². The van der Waals surface area contributed by atoms with Crippen LogP contribution in [0.15, 0.2) is 53.2 Å². The van der Waals surface area contributed by atoms with Crippen molar-refractivity contribution in [3.8, 4) is 28.4 Å². The number of hydrogen-bond donors (Lipinski definition) is 0. The Morgan fingerprint density at radius 3 is 2.36 bits per heavy atom. The largest absolute Gasteiger partial charge is 0.487 e. The lowest BCUT2D eigenvalue weighted by Crippen LogP contribution is -2.50. The van der Waals surface area contributed by atoms with Crippen LogP contribution in [0.2, 0.25) is 18.1 Å². The highest BCUT2D eigenvalue weighted by atomic mass is 28.4. The molecule has 4 aromatic rings. The van der Waals surface area contributed by atoms with E-state index in [0.717, 1.165) is 52.1 Å². The molecule has 1 radical (unpaired) electrons. The van der Waals surface area contributed by atoms with Crippen molar-refractivity contribution in [3.05, 3.63) is 78.3 Å². The van der Waals surface area contributed by atoms with Gasteiger partial charge in [0.2, 0.25) is 0 Å². The third kappa shape index (κ3) is 6.59. The standard InChI is InChI=1S/C35H46N5O3Si/c1-22-31(23(2)42-39-22)28-19-30(40-20-26-15-13-17-36-29(26)21-40)38-33(37-28)25-14-12-16-27(18-25)41-32(34(4,5)6)24(3)43-44(10,11)35(7,8)9/h12-19,24,32H,3,20-21H2,1-2,4-11H3. The molecule has 44 heavy (non-hydrogen) atoms. The molecule has 0 saturated carbocycles. The molecule has 1 aliphatic rings. The Bertz CT molecular complexity index is 1590. The molecule has 8 nitrogen and oxygen atoms in total. The second kappa shape index (κ2) is 11.7. The molecular weight excluding hydrogens is 567 g/mol. The summed E-state index contributed by atoms with van der Waals surface area (Å²) in [6.07, 6.45) is 1.23. The quantitative estimate of drug-likeness (QED) is 0.184. The maximum atomic E-state index is 6.71. The number of hydrogen-bond acceptors (Lipinski definition) is 8. The molecule has 2 atom stereocenters. The Morgan fingerprint density at radius 2 is 1.73 bits per heavy atom. The van der Waals surface area contributed by atoms with E-state index in [1.807, 2.05) is 56.4 Å². The zero-order chi connectivity index (χ0) is 32.0. The third-order valence-corrected chi connectivity index (χ3v) is 13.3. The van der Waals surface area contributed by atoms with E-state index in [0.29, 0.717) is 12.4 Å². The highest BCUT2D eigenvalue weighted by Gasteiger charge is 2.42. The van der Waals surface area contributed by atoms with Gasteiger partial charge >= 0.3 is 0 Å². The van der Waals surface area contributed by atoms with Crippen molar-refractivity contribution >= 4 is 14.1 Å². The van der Waals surface area contributed by atoms with Crippen molar-refractivity contribution < 1.29 is 13.7 Å². The summed E-state index contributed by atoms with van der Waals surface area (Å²) >= 11 is 0. The summed E-state index contributed by atoms with van der Waals surface area (Å²) in [6, 6.07) is 14.1. The van der Waals surface area contributed by atoms with Crippen LogP contribution in [0.3, 0.4) is 0 Å². The van der Waals surface area contributed by atoms with Gasteiger partial charge in [0.25, 0.3) is 0 Å². The van der Waals surface area contributed by atoms with Gasteiger partial charge in [0.15, 0.2) is 14.1 Å². The minimum absolute atomic E-state index is 0.0688. The van der Waals surface area contributed by atoms with Crippen LogP contribution in [0.25, 0.3) is 22.6 Å². The molecule has 0 amide bonds. The van der Waals surface area contributed by atoms with Gasteiger partial charge in [-0.3, -0.25) is 4.98 Å². The van der Waals surface area contributed by atoms with Crippen molar-refractivity contribution in [1.29, 1.82) is 0 Å². The third-order valence-electron chi connectivity index (χ3n) is 8.81. The van der Waals surface area contributed by atoms with Gasteiger partial charge in [0.1, 0.15) is 23.4 Å². The van der Waals surface area contributed by atoms with Crippen LogP contribution in [-0.2, 0) is 17.5 Å². The van der Waals surface area contributed by atoms with Crippen molar-refractivity contribution in [2.45, 2.75) is 98.8 Å². The molecule has 0 N–H and O–H groups in total. The second-order valence-electron chi connectivity index (χ2n) is 14.4. The Morgan fingerprint density at radius 1 is 0.977 bits per heavy atom. The monoisotopic (exact) mass is 612 g/mol. The first kappa shape index (κ1) is 31.8. The van der Waals surface area contributed by atoms with Gasteiger partial charge < -0.3 is 18.6 Å². The first-order valence-corrected chi connectivity index (χ1v) is 18.2. The average Bonchev–Trinajstić information content (AvgIpc) is 3.52. The molecular formula is C35H46N5O3Si. The maximum absolute atomic E-state index is 6.71. The van der Waals surface area contributed by atoms with E-state index in [1.54, 1.807) is 0 Å². The van der Waals surface area contributed by atoms with Crippen LogP contribution in [0.4, 0.5) is 5.82 Å². The van der Waals surface area contributed by atoms with Gasteiger partial charge in [-0.1, -0.05) is 64.9 Å². The molecule has 0 aliphatic carbocycles. The molecule has 1 aliphatic heterocycles. The summed E-state index contributed by atoms with van der Waals surface area (Å²) < 4.78 is 18.9. The highest BCUT2D eigenvalue weighted by molar-refractivity contribution is 6.74. The van der Waals surface area contributed by atoms with Crippen LogP contribution in [0.5, 0.6) is 5.75 Å². The van der Waals surface area contributed by atoms with E-state index in [4.69, 9.17) is 23.7 Å². The van der Waals surface area contributed by atoms with Crippen molar-refractivity contribution in [2.75, 3.05) is 4.90 Å². The van der Waals surface area contributed by atoms with Gasteiger partial charge in [-0.2, -0.15) is 0 Å². The van der Waals surface area contributed by atoms with Gasteiger partial charge in [0, 0.05) is 29.8 Å². The molecule has 2 unspecified atom stereocenters. The fourth-order valence-electron chi connectivity index (χ4n) is 5.35. The number of ether oxygens (including phenoxy) is 1. The van der Waals surface area contributed by atoms with Crippen LogP contribution in [0.1, 0.15) is 64.3 Å². The van der Waals surface area contributed by atoms with E-state index < -0.39 is 8.32 Å². The Kier molecular flexibility index (Phi) is 8.50. The van der Waals surface area contributed by atoms with E-state index in [9.17, 15) is 0 Å². The average molecular weight is 613 g/mol. The predicted octanol–water partition coefficient (Wildman–Crippen LogP) is 8.35. The number of nitrogens with zero attached hydrogens (tertiary/aromatic N) is 5. The van der Waals surface area contributed by atoms with E-state index in [-0.39, 0.29) is 22.7 Å². The van der Waals surface area contributed by atoms with Gasteiger partial charge in [-0.25, -0.2) is 9.97 Å². The highest BCUT2D eigenvalue weighted by Crippen LogP contribution is 2.40. The number of rotatable bonds is 8. The lowest BCUT2D eigenvalue weighted by Gasteiger charge is -2.43. The van der Waals surface area contributed by atoms with Gasteiger partial charge in [-0.05, 0) is 62.7 Å². The Hall–Kier alpha value is -3.56. The van der Waals surface area contributed by atoms with Gasteiger partial charge in [0.05, 0.1) is 35.3 Å². The lowest BCUT2D eigenvalue weighted by molar-refractivity contribution is 0.000981. The molecule has 0 fully saturated rings. The zero-order valence-corrected chi connectivity index (χ0v) is 28.9. The summed E-state index contributed by atoms with van der Waals surface area (Å²) in [5.41, 5.74) is 5.35. The summed E-state index contributed by atoms with van der Waals surface area (Å²) in [5.74, 6) is 2.86. The summed E-state index contributed by atoms with van der Waals surface area (Å²) in [5, 5.41) is 4.26. The Balaban J connectivity index is 1.51. The van der Waals surface area contributed by atoms with Gasteiger partial charge in [-0.15, -0.1) is 0 Å². The van der Waals surface area contributed by atoms with E-state index in [2.05, 4.69) is 82.7 Å². The minimum atomic E-state index is -2.06. The van der Waals surface area contributed by atoms with Crippen LogP contribution >= 0.6 is 0 Å². The van der Waals surface area contributed by atoms with Crippen LogP contribution < -0.4 is 9.64 Å². The topological polar surface area (TPSA) is 86.4 Å². The smallest absolute Gasteiger partial charge is 0.192 e. The number of fused-ring (bicyclic) bond motifs is 1. The molecule has 4 heterocycles. The molecule has 9 heteroatoms. The predicted molar refractivity (Wildman–Crippen MR) is 178 cm³/mol. The molecule has 0 bridgehead atoms. The number of pyridine rings is 1. The maximum Gasteiger partial charge on any atom is 0.192 e. The normalized spacial score (nSPS) is 15.3. The number of aromatic nitrogens is 4. The SMILES string of the molecule is [CH2]C(O[Si](C)(C)C(C)(C)C)C(Oc1cccc(-c2nc(-c3c(C)noc3C)cc(N3Cc4cccnc4C3)n2)c1)C(C)(C)C. The summed E-state index contributed by atoms with van der Waals surface area (Å²) in [6.45, 7) is 27.4. The molecule has 5 rings (SSSR count). The van der Waals surface area contributed by atoms with E-state index >= 15 is 0 Å². The number of aryl methyl sites for hydroxylation is 2. The first-order valence-electron chi connectivity index (χ1n) is 15.3. The lowest BCUT2D eigenvalue weighted by atomic mass is 9.86. The zero-order valence-electron chi connectivity index (χ0n) is 27.9. The summed E-state index contributed by atoms with van der Waals surface area (Å²) in [7, 11) is -2.06. The van der Waals surface area contributed by atoms with Crippen molar-refractivity contribution in [3.63, 3.8) is 0 Å². The fraction of sp³-hybridized carbons (Fsp3) is 0.457. The van der Waals surface area contributed by atoms with Crippen molar-refractivity contribution in [2.24, 2.45) is 5.41 Å². The molecule has 0 spiro atoms. The second-order valence-corrected chi connectivity index (χ2v) is 19.2. The first-order chi connectivity index (χ1) is 20.5.